The van der Waals surface area contributed by atoms with Gasteiger partial charge >= 0.3 is 26.5 Å². The van der Waals surface area contributed by atoms with Crippen molar-refractivity contribution in [3.8, 4) is 0 Å². The zero-order valence-electron chi connectivity index (χ0n) is 7.05. The number of rotatable bonds is 1. The molecule has 8 heteroatoms. The number of hydrogen-bond donors (Lipinski definition) is 2. The van der Waals surface area contributed by atoms with Crippen molar-refractivity contribution in [2.24, 2.45) is 0 Å². The van der Waals surface area contributed by atoms with Gasteiger partial charge in [-0.05, 0) is 6.07 Å². The van der Waals surface area contributed by atoms with Crippen LogP contribution in [0.2, 0.25) is 10.0 Å². The summed E-state index contributed by atoms with van der Waals surface area (Å²) in [6, 6.07) is 4.67. The van der Waals surface area contributed by atoms with Crippen LogP contribution in [0.4, 0.5) is 0 Å². The van der Waals surface area contributed by atoms with Gasteiger partial charge in [0.1, 0.15) is 0 Å². The Morgan fingerprint density at radius 1 is 1.27 bits per heavy atom. The van der Waals surface area contributed by atoms with Gasteiger partial charge in [-0.25, -0.2) is 0 Å². The van der Waals surface area contributed by atoms with Gasteiger partial charge in [0.05, 0.1) is 10.0 Å². The van der Waals surface area contributed by atoms with Crippen LogP contribution in [-0.2, 0) is 27.4 Å². The normalized spacial score (nSPS) is 10.0. The Balaban J connectivity index is 0.000000583. The summed E-state index contributed by atoms with van der Waals surface area (Å²) in [5.41, 5.74) is 0.181. The Morgan fingerprint density at radius 2 is 1.73 bits per heavy atom. The maximum atomic E-state index is 9.18. The molecule has 0 fully saturated rings. The fourth-order valence-electron chi connectivity index (χ4n) is 0.736. The van der Waals surface area contributed by atoms with E-state index in [0.717, 1.165) is 0 Å². The predicted molar refractivity (Wildman–Crippen MR) is 55.0 cm³/mol. The summed E-state index contributed by atoms with van der Waals surface area (Å²) in [7, 11) is 0. The Kier molecular flexibility index (Phi) is 7.59. The Hall–Kier alpha value is 0.814. The van der Waals surface area contributed by atoms with Gasteiger partial charge < -0.3 is 5.11 Å². The molecule has 1 rings (SSSR count). The van der Waals surface area contributed by atoms with Gasteiger partial charge in [0, 0.05) is 5.56 Å². The summed E-state index contributed by atoms with van der Waals surface area (Å²) in [6.07, 6.45) is 0. The molecule has 0 spiro atoms. The van der Waals surface area contributed by atoms with E-state index in [1.54, 1.807) is 12.1 Å². The maximum absolute atomic E-state index is 9.18. The van der Waals surface area contributed by atoms with E-state index in [2.05, 4.69) is 0 Å². The van der Waals surface area contributed by atoms with E-state index in [-0.39, 0.29) is 10.6 Å². The SMILES string of the molecule is OC(Cl)(Cl)c1cccc(Cl)c1Cl.[O]=[Ti][OH]. The first-order chi connectivity index (χ1) is 6.84. The average Bonchev–Trinajstić information content (AvgIpc) is 2.09. The van der Waals surface area contributed by atoms with E-state index >= 15 is 0 Å². The molecular weight excluding hydrogens is 322 g/mol. The molecule has 15 heavy (non-hydrogen) atoms. The molecule has 3 nitrogen and oxygen atoms in total. The zero-order chi connectivity index (χ0) is 12.1. The average molecular weight is 327 g/mol. The first-order valence-electron chi connectivity index (χ1n) is 3.40. The van der Waals surface area contributed by atoms with Gasteiger partial charge in [0.15, 0.2) is 0 Å². The standard InChI is InChI=1S/C7H4Cl4O.H2O.O.Ti/c8-5-3-1-2-4(6(5)9)7(10,11)12;;;/h1-3,12H;1H2;;/q;;;+1/p-1. The van der Waals surface area contributed by atoms with Crippen molar-refractivity contribution in [1.29, 1.82) is 0 Å². The monoisotopic (exact) mass is 325 g/mol. The molecule has 0 heterocycles. The zero-order valence-corrected chi connectivity index (χ0v) is 11.6. The number of hydrogen-bond acceptors (Lipinski definition) is 2. The molecule has 1 aromatic carbocycles. The van der Waals surface area contributed by atoms with E-state index in [9.17, 15) is 5.11 Å². The van der Waals surface area contributed by atoms with Crippen LogP contribution in [0.1, 0.15) is 5.56 Å². The molecule has 0 saturated carbocycles. The minimum atomic E-state index is -2.00. The first kappa shape index (κ1) is 15.8. The van der Waals surface area contributed by atoms with Gasteiger partial charge in [0.25, 0.3) is 0 Å². The van der Waals surface area contributed by atoms with Crippen molar-refractivity contribution in [3.05, 3.63) is 33.8 Å². The molecule has 0 aliphatic carbocycles. The molecule has 83 valence electrons. The summed E-state index contributed by atoms with van der Waals surface area (Å²) in [5, 5.41) is 9.64. The van der Waals surface area contributed by atoms with Gasteiger partial charge in [-0.1, -0.05) is 58.5 Å². The minimum absolute atomic E-state index is 0.159. The predicted octanol–water partition coefficient (Wildman–Crippen LogP) is 2.90. The molecule has 0 unspecified atom stereocenters. The van der Waals surface area contributed by atoms with Gasteiger partial charge in [-0.2, -0.15) is 0 Å². The Labute approximate surface area is 116 Å². The summed E-state index contributed by atoms with van der Waals surface area (Å²) < 4.78 is 13.8. The van der Waals surface area contributed by atoms with Crippen LogP contribution in [0.25, 0.3) is 0 Å². The molecule has 2 N–H and O–H groups in total. The third-order valence-corrected chi connectivity index (χ3v) is 2.50. The third kappa shape index (κ3) is 5.61. The molecule has 0 amide bonds. The van der Waals surface area contributed by atoms with Crippen molar-refractivity contribution in [2.45, 2.75) is 4.52 Å². The second-order valence-corrected chi connectivity index (χ2v) is 4.59. The second kappa shape index (κ2) is 7.20. The number of aliphatic hydroxyl groups is 1. The number of halogens is 4. The van der Waals surface area contributed by atoms with Crippen LogP contribution in [0.5, 0.6) is 0 Å². The summed E-state index contributed by atoms with van der Waals surface area (Å²) >= 11 is 20.5. The fraction of sp³-hybridized carbons (Fsp3) is 0.143. The van der Waals surface area contributed by atoms with Crippen LogP contribution in [-0.4, -0.2) is 8.79 Å². The van der Waals surface area contributed by atoms with Crippen molar-refractivity contribution < 1.29 is 31.6 Å². The molecule has 1 aromatic rings. The summed E-state index contributed by atoms with van der Waals surface area (Å²) in [5.74, 6) is 0. The van der Waals surface area contributed by atoms with E-state index < -0.39 is 24.0 Å². The van der Waals surface area contributed by atoms with E-state index in [0.29, 0.717) is 5.02 Å². The molecular formula is C7H5Cl4O3Ti. The number of benzene rings is 1. The second-order valence-electron chi connectivity index (χ2n) is 2.23. The molecule has 0 bridgehead atoms. The molecule has 0 atom stereocenters. The summed E-state index contributed by atoms with van der Waals surface area (Å²) in [6.45, 7) is 0. The van der Waals surface area contributed by atoms with Crippen molar-refractivity contribution in [3.63, 3.8) is 0 Å². The molecule has 0 aliphatic heterocycles. The molecule has 0 radical (unpaired) electrons. The third-order valence-electron chi connectivity index (χ3n) is 1.28. The van der Waals surface area contributed by atoms with E-state index in [4.69, 9.17) is 53.4 Å². The Morgan fingerprint density at radius 3 is 2.07 bits per heavy atom. The number of alkyl halides is 2. The van der Waals surface area contributed by atoms with Gasteiger partial charge in [-0.3, -0.25) is 0 Å². The van der Waals surface area contributed by atoms with Crippen molar-refractivity contribution in [2.75, 3.05) is 0 Å². The molecule has 0 aliphatic rings. The van der Waals surface area contributed by atoms with Crippen molar-refractivity contribution in [1.82, 2.24) is 0 Å². The van der Waals surface area contributed by atoms with Crippen LogP contribution in [0, 0.1) is 0 Å². The van der Waals surface area contributed by atoms with E-state index in [1.807, 2.05) is 0 Å². The van der Waals surface area contributed by atoms with Crippen LogP contribution < -0.4 is 0 Å². The quantitative estimate of drug-likeness (QED) is 0.616. The first-order valence-corrected chi connectivity index (χ1v) is 6.25. The summed E-state index contributed by atoms with van der Waals surface area (Å²) in [4.78, 5) is 0. The van der Waals surface area contributed by atoms with Gasteiger partial charge in [0.2, 0.25) is 4.52 Å². The van der Waals surface area contributed by atoms with Crippen LogP contribution in [0.3, 0.4) is 0 Å². The van der Waals surface area contributed by atoms with Gasteiger partial charge in [-0.15, -0.1) is 0 Å². The molecule has 0 aromatic heterocycles. The molecule has 0 saturated heterocycles. The van der Waals surface area contributed by atoms with Crippen LogP contribution in [0.15, 0.2) is 18.2 Å². The Bertz CT molecular complexity index is 339. The fourth-order valence-corrected chi connectivity index (χ4v) is 1.59. The topological polar surface area (TPSA) is 57.5 Å². The van der Waals surface area contributed by atoms with Crippen molar-refractivity contribution >= 4 is 46.4 Å². The van der Waals surface area contributed by atoms with E-state index in [1.165, 1.54) is 6.07 Å². The van der Waals surface area contributed by atoms with Crippen LogP contribution >= 0.6 is 46.4 Å².